The minimum absolute atomic E-state index is 0.00581. The van der Waals surface area contributed by atoms with Crippen molar-refractivity contribution < 1.29 is 18.0 Å². The second-order valence-electron chi connectivity index (χ2n) is 6.99. The summed E-state index contributed by atoms with van der Waals surface area (Å²) in [6.45, 7) is 1.55. The van der Waals surface area contributed by atoms with Crippen LogP contribution in [0.2, 0.25) is 0 Å². The minimum Gasteiger partial charge on any atom is -0.345 e. The number of carbonyl (C=O) groups excluding carboxylic acids is 1. The Morgan fingerprint density at radius 2 is 2.00 bits per heavy atom. The summed E-state index contributed by atoms with van der Waals surface area (Å²) >= 11 is 0. The SMILES string of the molecule is Cc1c(C(=O)NCc2nnc3n2C[C@H](C(F)(F)F)CC3)cnn1-c1ccccc1. The third-order valence-electron chi connectivity index (χ3n) is 5.15. The van der Waals surface area contributed by atoms with Crippen molar-refractivity contribution in [2.75, 3.05) is 0 Å². The van der Waals surface area contributed by atoms with Gasteiger partial charge in [0.2, 0.25) is 0 Å². The van der Waals surface area contributed by atoms with E-state index in [9.17, 15) is 18.0 Å². The zero-order valence-corrected chi connectivity index (χ0v) is 15.6. The van der Waals surface area contributed by atoms with Gasteiger partial charge in [-0.1, -0.05) is 18.2 Å². The highest BCUT2D eigenvalue weighted by molar-refractivity contribution is 5.95. The van der Waals surface area contributed by atoms with Crippen LogP contribution in [-0.2, 0) is 19.5 Å². The molecule has 152 valence electrons. The van der Waals surface area contributed by atoms with Crippen LogP contribution in [0.3, 0.4) is 0 Å². The Kier molecular flexibility index (Phi) is 4.85. The van der Waals surface area contributed by atoms with E-state index in [4.69, 9.17) is 0 Å². The normalized spacial score (nSPS) is 16.5. The first-order chi connectivity index (χ1) is 13.8. The summed E-state index contributed by atoms with van der Waals surface area (Å²) in [5, 5.41) is 14.9. The molecule has 1 amide bonds. The molecule has 0 unspecified atom stereocenters. The van der Waals surface area contributed by atoms with Gasteiger partial charge in [0.05, 0.1) is 35.6 Å². The smallest absolute Gasteiger partial charge is 0.345 e. The number of amides is 1. The van der Waals surface area contributed by atoms with Crippen molar-refractivity contribution >= 4 is 5.91 Å². The fourth-order valence-electron chi connectivity index (χ4n) is 3.50. The summed E-state index contributed by atoms with van der Waals surface area (Å²) in [5.41, 5.74) is 1.88. The molecule has 29 heavy (non-hydrogen) atoms. The molecule has 1 aromatic carbocycles. The van der Waals surface area contributed by atoms with Crippen LogP contribution < -0.4 is 5.32 Å². The Hall–Kier alpha value is -3.17. The molecule has 0 bridgehead atoms. The number of nitrogens with one attached hydrogen (secondary N) is 1. The lowest BCUT2D eigenvalue weighted by Crippen LogP contribution is -2.34. The molecule has 0 fully saturated rings. The first-order valence-electron chi connectivity index (χ1n) is 9.20. The molecule has 0 spiro atoms. The Labute approximate surface area is 164 Å². The van der Waals surface area contributed by atoms with Crippen molar-refractivity contribution in [1.82, 2.24) is 29.9 Å². The highest BCUT2D eigenvalue weighted by Gasteiger charge is 2.42. The number of hydrogen-bond donors (Lipinski definition) is 1. The monoisotopic (exact) mass is 404 g/mol. The zero-order chi connectivity index (χ0) is 20.6. The molecule has 0 saturated heterocycles. The van der Waals surface area contributed by atoms with Gasteiger partial charge in [-0.3, -0.25) is 4.79 Å². The predicted octanol–water partition coefficient (Wildman–Crippen LogP) is 2.83. The third kappa shape index (κ3) is 3.74. The minimum atomic E-state index is -4.26. The van der Waals surface area contributed by atoms with Crippen molar-refractivity contribution in [3.8, 4) is 5.69 Å². The molecule has 4 rings (SSSR count). The van der Waals surface area contributed by atoms with Crippen molar-refractivity contribution in [2.45, 2.75) is 39.0 Å². The molecule has 7 nitrogen and oxygen atoms in total. The molecule has 2 aromatic heterocycles. The van der Waals surface area contributed by atoms with Crippen LogP contribution in [0.4, 0.5) is 13.2 Å². The highest BCUT2D eigenvalue weighted by Crippen LogP contribution is 2.34. The Morgan fingerprint density at radius 1 is 1.24 bits per heavy atom. The quantitative estimate of drug-likeness (QED) is 0.726. The van der Waals surface area contributed by atoms with Crippen LogP contribution in [-0.4, -0.2) is 36.6 Å². The molecule has 0 radical (unpaired) electrons. The number of para-hydroxylation sites is 1. The number of halogens is 3. The van der Waals surface area contributed by atoms with E-state index in [1.165, 1.54) is 10.8 Å². The van der Waals surface area contributed by atoms with E-state index < -0.39 is 12.1 Å². The fraction of sp³-hybridized carbons (Fsp3) is 0.368. The van der Waals surface area contributed by atoms with Crippen LogP contribution in [0, 0.1) is 12.8 Å². The van der Waals surface area contributed by atoms with Crippen molar-refractivity contribution in [1.29, 1.82) is 0 Å². The van der Waals surface area contributed by atoms with E-state index in [0.29, 0.717) is 22.9 Å². The van der Waals surface area contributed by atoms with Crippen molar-refractivity contribution in [3.63, 3.8) is 0 Å². The molecule has 0 aliphatic carbocycles. The lowest BCUT2D eigenvalue weighted by molar-refractivity contribution is -0.182. The number of alkyl halides is 3. The van der Waals surface area contributed by atoms with Crippen molar-refractivity contribution in [3.05, 3.63) is 59.4 Å². The van der Waals surface area contributed by atoms with E-state index >= 15 is 0 Å². The number of rotatable bonds is 4. The third-order valence-corrected chi connectivity index (χ3v) is 5.15. The van der Waals surface area contributed by atoms with E-state index in [1.54, 1.807) is 11.6 Å². The molecular formula is C19H19F3N6O. The molecule has 1 aliphatic rings. The molecule has 3 aromatic rings. The van der Waals surface area contributed by atoms with Crippen LogP contribution in [0.25, 0.3) is 5.69 Å². The fourth-order valence-corrected chi connectivity index (χ4v) is 3.50. The second kappa shape index (κ2) is 7.34. The molecule has 1 atom stereocenters. The second-order valence-corrected chi connectivity index (χ2v) is 6.99. The van der Waals surface area contributed by atoms with Gasteiger partial charge in [0.25, 0.3) is 5.91 Å². The summed E-state index contributed by atoms with van der Waals surface area (Å²) in [6, 6.07) is 9.39. The summed E-state index contributed by atoms with van der Waals surface area (Å²) in [5.74, 6) is -0.963. The Balaban J connectivity index is 1.47. The number of aryl methyl sites for hydroxylation is 1. The van der Waals surface area contributed by atoms with Gasteiger partial charge in [0, 0.05) is 13.0 Å². The standard InChI is InChI=1S/C19H19F3N6O/c1-12-15(9-24-28(12)14-5-3-2-4-6-14)18(29)23-10-17-26-25-16-8-7-13(11-27(16)17)19(20,21)22/h2-6,9,13H,7-8,10-11H2,1H3,(H,23,29)/t13-/m1/s1. The van der Waals surface area contributed by atoms with E-state index in [-0.39, 0.29) is 31.8 Å². The number of carbonyl (C=O) groups is 1. The summed E-state index contributed by atoms with van der Waals surface area (Å²) in [4.78, 5) is 12.6. The first-order valence-corrected chi connectivity index (χ1v) is 9.20. The number of hydrogen-bond acceptors (Lipinski definition) is 4. The van der Waals surface area contributed by atoms with Gasteiger partial charge < -0.3 is 9.88 Å². The first kappa shape index (κ1) is 19.2. The summed E-state index contributed by atoms with van der Waals surface area (Å²) in [7, 11) is 0. The van der Waals surface area contributed by atoms with E-state index in [1.807, 2.05) is 30.3 Å². The maximum atomic E-state index is 13.1. The van der Waals surface area contributed by atoms with Crippen LogP contribution in [0.5, 0.6) is 0 Å². The maximum Gasteiger partial charge on any atom is 0.393 e. The summed E-state index contributed by atoms with van der Waals surface area (Å²) < 4.78 is 42.3. The molecule has 1 N–H and O–H groups in total. The van der Waals surface area contributed by atoms with Gasteiger partial charge in [-0.05, 0) is 25.5 Å². The average Bonchev–Trinajstić information content (AvgIpc) is 3.29. The highest BCUT2D eigenvalue weighted by atomic mass is 19.4. The number of benzene rings is 1. The van der Waals surface area contributed by atoms with Gasteiger partial charge in [-0.25, -0.2) is 4.68 Å². The molecule has 10 heteroatoms. The molecule has 0 saturated carbocycles. The average molecular weight is 404 g/mol. The van der Waals surface area contributed by atoms with Crippen LogP contribution in [0.1, 0.15) is 34.1 Å². The molecular weight excluding hydrogens is 385 g/mol. The molecule has 3 heterocycles. The van der Waals surface area contributed by atoms with E-state index in [0.717, 1.165) is 5.69 Å². The predicted molar refractivity (Wildman–Crippen MR) is 97.4 cm³/mol. The number of aromatic nitrogens is 5. The number of fused-ring (bicyclic) bond motifs is 1. The van der Waals surface area contributed by atoms with Crippen LogP contribution >= 0.6 is 0 Å². The lowest BCUT2D eigenvalue weighted by Gasteiger charge is -2.26. The van der Waals surface area contributed by atoms with Gasteiger partial charge >= 0.3 is 6.18 Å². The van der Waals surface area contributed by atoms with Gasteiger partial charge in [-0.15, -0.1) is 10.2 Å². The largest absolute Gasteiger partial charge is 0.393 e. The van der Waals surface area contributed by atoms with Gasteiger partial charge in [-0.2, -0.15) is 18.3 Å². The zero-order valence-electron chi connectivity index (χ0n) is 15.6. The Bertz CT molecular complexity index is 1020. The van der Waals surface area contributed by atoms with Gasteiger partial charge in [0.15, 0.2) is 5.82 Å². The number of nitrogens with zero attached hydrogens (tertiary/aromatic N) is 5. The van der Waals surface area contributed by atoms with E-state index in [2.05, 4.69) is 20.6 Å². The van der Waals surface area contributed by atoms with Crippen molar-refractivity contribution in [2.24, 2.45) is 5.92 Å². The maximum absolute atomic E-state index is 13.1. The van der Waals surface area contributed by atoms with Crippen LogP contribution in [0.15, 0.2) is 36.5 Å². The Morgan fingerprint density at radius 3 is 2.72 bits per heavy atom. The van der Waals surface area contributed by atoms with Gasteiger partial charge in [0.1, 0.15) is 5.82 Å². The topological polar surface area (TPSA) is 77.6 Å². The summed E-state index contributed by atoms with van der Waals surface area (Å²) in [6.07, 6.45) is -2.57. The molecule has 1 aliphatic heterocycles. The lowest BCUT2D eigenvalue weighted by atomic mass is 9.99.